The van der Waals surface area contributed by atoms with Gasteiger partial charge in [0.25, 0.3) is 5.91 Å². The van der Waals surface area contributed by atoms with E-state index in [1.807, 2.05) is 0 Å². The lowest BCUT2D eigenvalue weighted by Crippen LogP contribution is -2.24. The Morgan fingerprint density at radius 1 is 1.19 bits per heavy atom. The van der Waals surface area contributed by atoms with Crippen molar-refractivity contribution in [1.29, 1.82) is 0 Å². The van der Waals surface area contributed by atoms with Gasteiger partial charge in [-0.05, 0) is 54.6 Å². The Kier molecular flexibility index (Phi) is 6.08. The number of hydrogen-bond acceptors (Lipinski definition) is 2. The number of amides is 1. The molecule has 0 saturated heterocycles. The van der Waals surface area contributed by atoms with Crippen molar-refractivity contribution in [2.75, 3.05) is 12.3 Å². The van der Waals surface area contributed by atoms with Crippen LogP contribution in [-0.4, -0.2) is 18.2 Å². The van der Waals surface area contributed by atoms with Crippen LogP contribution in [0.5, 0.6) is 0 Å². The predicted molar refractivity (Wildman–Crippen MR) is 85.5 cm³/mol. The summed E-state index contributed by atoms with van der Waals surface area (Å²) in [4.78, 5) is 12.9. The fraction of sp³-hybridized carbons (Fsp3) is 0.188. The fourth-order valence-electron chi connectivity index (χ4n) is 1.73. The molecular formula is C16H15ClFNOS. The number of carbonyl (C=O) groups is 1. The van der Waals surface area contributed by atoms with Gasteiger partial charge in [-0.3, -0.25) is 4.79 Å². The molecular weight excluding hydrogens is 309 g/mol. The van der Waals surface area contributed by atoms with Crippen molar-refractivity contribution in [2.45, 2.75) is 11.3 Å². The van der Waals surface area contributed by atoms with Crippen molar-refractivity contribution in [3.05, 3.63) is 64.9 Å². The summed E-state index contributed by atoms with van der Waals surface area (Å²) in [7, 11) is 0. The molecule has 0 radical (unpaired) electrons. The molecule has 110 valence electrons. The monoisotopic (exact) mass is 323 g/mol. The van der Waals surface area contributed by atoms with Gasteiger partial charge in [-0.15, -0.1) is 11.8 Å². The lowest BCUT2D eigenvalue weighted by atomic mass is 10.2. The molecule has 0 spiro atoms. The van der Waals surface area contributed by atoms with Crippen LogP contribution < -0.4 is 5.32 Å². The molecule has 0 aromatic heterocycles. The largest absolute Gasteiger partial charge is 0.352 e. The second-order valence-electron chi connectivity index (χ2n) is 4.42. The van der Waals surface area contributed by atoms with E-state index in [-0.39, 0.29) is 11.7 Å². The van der Waals surface area contributed by atoms with E-state index in [1.54, 1.807) is 48.2 Å². The van der Waals surface area contributed by atoms with Gasteiger partial charge in [-0.2, -0.15) is 0 Å². The van der Waals surface area contributed by atoms with Gasteiger partial charge < -0.3 is 5.32 Å². The van der Waals surface area contributed by atoms with E-state index in [9.17, 15) is 9.18 Å². The first-order valence-corrected chi connectivity index (χ1v) is 7.93. The molecule has 2 rings (SSSR count). The zero-order valence-corrected chi connectivity index (χ0v) is 12.9. The van der Waals surface area contributed by atoms with E-state index in [0.29, 0.717) is 17.1 Å². The van der Waals surface area contributed by atoms with Crippen LogP contribution in [0.1, 0.15) is 16.8 Å². The molecule has 0 aliphatic carbocycles. The zero-order valence-electron chi connectivity index (χ0n) is 11.3. The molecule has 0 aliphatic rings. The Hall–Kier alpha value is -1.52. The maximum atomic E-state index is 12.7. The Bertz CT molecular complexity index is 603. The van der Waals surface area contributed by atoms with Crippen molar-refractivity contribution in [1.82, 2.24) is 5.32 Å². The Labute approximate surface area is 132 Å². The van der Waals surface area contributed by atoms with E-state index in [1.165, 1.54) is 12.1 Å². The van der Waals surface area contributed by atoms with E-state index in [2.05, 4.69) is 5.32 Å². The molecule has 5 heteroatoms. The molecule has 2 nitrogen and oxygen atoms in total. The van der Waals surface area contributed by atoms with Gasteiger partial charge in [-0.1, -0.05) is 17.7 Å². The SMILES string of the molecule is O=C(NCCCSc1ccc(F)cc1)c1cccc(Cl)c1. The normalized spacial score (nSPS) is 10.4. The first-order chi connectivity index (χ1) is 10.1. The Balaban J connectivity index is 1.68. The highest BCUT2D eigenvalue weighted by Gasteiger charge is 2.04. The third-order valence-electron chi connectivity index (χ3n) is 2.78. The van der Waals surface area contributed by atoms with Crippen LogP contribution in [0.3, 0.4) is 0 Å². The molecule has 1 N–H and O–H groups in total. The number of rotatable bonds is 6. The highest BCUT2D eigenvalue weighted by atomic mass is 35.5. The number of halogens is 2. The molecule has 0 bridgehead atoms. The molecule has 0 aliphatic heterocycles. The lowest BCUT2D eigenvalue weighted by Gasteiger charge is -2.05. The second-order valence-corrected chi connectivity index (χ2v) is 6.03. The summed E-state index contributed by atoms with van der Waals surface area (Å²) < 4.78 is 12.7. The molecule has 0 atom stereocenters. The summed E-state index contributed by atoms with van der Waals surface area (Å²) in [5, 5.41) is 3.40. The van der Waals surface area contributed by atoms with Gasteiger partial charge in [0.05, 0.1) is 0 Å². The Morgan fingerprint density at radius 2 is 1.95 bits per heavy atom. The van der Waals surface area contributed by atoms with Gasteiger partial charge in [0.2, 0.25) is 0 Å². The number of hydrogen-bond donors (Lipinski definition) is 1. The molecule has 21 heavy (non-hydrogen) atoms. The van der Waals surface area contributed by atoms with Crippen molar-refractivity contribution >= 4 is 29.3 Å². The van der Waals surface area contributed by atoms with E-state index in [4.69, 9.17) is 11.6 Å². The first-order valence-electron chi connectivity index (χ1n) is 6.57. The maximum absolute atomic E-state index is 12.7. The molecule has 2 aromatic rings. The van der Waals surface area contributed by atoms with Crippen LogP contribution in [-0.2, 0) is 0 Å². The second kappa shape index (κ2) is 8.05. The number of thioether (sulfide) groups is 1. The highest BCUT2D eigenvalue weighted by Crippen LogP contribution is 2.18. The smallest absolute Gasteiger partial charge is 0.251 e. The van der Waals surface area contributed by atoms with E-state index in [0.717, 1.165) is 17.1 Å². The van der Waals surface area contributed by atoms with Crippen LogP contribution in [0.4, 0.5) is 4.39 Å². The molecule has 0 fully saturated rings. The van der Waals surface area contributed by atoms with Gasteiger partial charge in [0.15, 0.2) is 0 Å². The third kappa shape index (κ3) is 5.40. The van der Waals surface area contributed by atoms with Crippen molar-refractivity contribution < 1.29 is 9.18 Å². The summed E-state index contributed by atoms with van der Waals surface area (Å²) in [6.07, 6.45) is 0.842. The predicted octanol–water partition coefficient (Wildman–Crippen LogP) is 4.39. The minimum absolute atomic E-state index is 0.121. The van der Waals surface area contributed by atoms with Crippen LogP contribution in [0.2, 0.25) is 5.02 Å². The summed E-state index contributed by atoms with van der Waals surface area (Å²) in [6.45, 7) is 0.597. The Morgan fingerprint density at radius 3 is 2.67 bits per heavy atom. The van der Waals surface area contributed by atoms with Gasteiger partial charge in [-0.25, -0.2) is 4.39 Å². The maximum Gasteiger partial charge on any atom is 0.251 e. The van der Waals surface area contributed by atoms with Crippen molar-refractivity contribution in [3.8, 4) is 0 Å². The van der Waals surface area contributed by atoms with Crippen LogP contribution in [0.25, 0.3) is 0 Å². The number of nitrogens with one attached hydrogen (secondary N) is 1. The van der Waals surface area contributed by atoms with Crippen LogP contribution >= 0.6 is 23.4 Å². The van der Waals surface area contributed by atoms with Gasteiger partial charge >= 0.3 is 0 Å². The minimum atomic E-state index is -0.229. The average molecular weight is 324 g/mol. The summed E-state index contributed by atoms with van der Waals surface area (Å²) in [5.74, 6) is 0.513. The molecule has 0 heterocycles. The fourth-order valence-corrected chi connectivity index (χ4v) is 2.77. The summed E-state index contributed by atoms with van der Waals surface area (Å²) in [5.41, 5.74) is 0.564. The molecule has 1 amide bonds. The number of carbonyl (C=O) groups excluding carboxylic acids is 1. The standard InChI is InChI=1S/C16H15ClFNOS/c17-13-4-1-3-12(11-13)16(20)19-9-2-10-21-15-7-5-14(18)6-8-15/h1,3-8,11H,2,9-10H2,(H,19,20). The summed E-state index contributed by atoms with van der Waals surface area (Å²) >= 11 is 7.48. The van der Waals surface area contributed by atoms with E-state index >= 15 is 0 Å². The minimum Gasteiger partial charge on any atom is -0.352 e. The molecule has 0 saturated carbocycles. The third-order valence-corrected chi connectivity index (χ3v) is 4.11. The highest BCUT2D eigenvalue weighted by molar-refractivity contribution is 7.99. The van der Waals surface area contributed by atoms with Gasteiger partial charge in [0, 0.05) is 22.0 Å². The number of benzene rings is 2. The quantitative estimate of drug-likeness (QED) is 0.631. The van der Waals surface area contributed by atoms with Crippen molar-refractivity contribution in [2.24, 2.45) is 0 Å². The van der Waals surface area contributed by atoms with E-state index < -0.39 is 0 Å². The molecule has 2 aromatic carbocycles. The first kappa shape index (κ1) is 15.9. The average Bonchev–Trinajstić information content (AvgIpc) is 2.48. The van der Waals surface area contributed by atoms with Crippen LogP contribution in [0, 0.1) is 5.82 Å². The van der Waals surface area contributed by atoms with Gasteiger partial charge in [0.1, 0.15) is 5.82 Å². The topological polar surface area (TPSA) is 29.1 Å². The lowest BCUT2D eigenvalue weighted by molar-refractivity contribution is 0.0954. The zero-order chi connectivity index (χ0) is 15.1. The molecule has 0 unspecified atom stereocenters. The van der Waals surface area contributed by atoms with Crippen molar-refractivity contribution in [3.63, 3.8) is 0 Å². The summed E-state index contributed by atoms with van der Waals surface area (Å²) in [6, 6.07) is 13.3. The van der Waals surface area contributed by atoms with Crippen LogP contribution in [0.15, 0.2) is 53.4 Å².